The first-order valence-electron chi connectivity index (χ1n) is 11.5. The number of benzene rings is 3. The van der Waals surface area contributed by atoms with E-state index in [0.29, 0.717) is 0 Å². The van der Waals surface area contributed by atoms with E-state index in [1.807, 2.05) is 91.0 Å². The average molecular weight is 476 g/mol. The lowest BCUT2D eigenvalue weighted by Gasteiger charge is -2.39. The maximum absolute atomic E-state index is 14.0. The number of nitrogens with zero attached hydrogens (tertiary/aromatic N) is 1. The van der Waals surface area contributed by atoms with Crippen LogP contribution in [0.1, 0.15) is 29.5 Å². The molecule has 0 unspecified atom stereocenters. The Hall–Kier alpha value is -3.97. The number of carbonyl (C=O) groups excluding carboxylic acids is 3. The van der Waals surface area contributed by atoms with Gasteiger partial charge in [-0.2, -0.15) is 4.79 Å². The standard InChI is InChI=1S/C28H30N2O5/c1-34-27(32)25(17-18-26(29)31)30(19-22-11-5-2-6-12-22,20-23-13-7-3-8-14-23)28(33)35-21-24-15-9-4-10-16-24/h2-16,25H,17-21H2,1H3,(H-,29,31)/p+1/t25-/m0/s1. The second kappa shape index (κ2) is 12.5. The summed E-state index contributed by atoms with van der Waals surface area (Å²) in [7, 11) is 1.27. The van der Waals surface area contributed by atoms with E-state index in [1.165, 1.54) is 7.11 Å². The SMILES string of the molecule is COC(=O)[C@H](CCC(N)=O)[N+](Cc1ccccc1)(Cc1ccccc1)C(=O)OCc1ccccc1. The molecule has 2 amide bonds. The monoisotopic (exact) mass is 475 g/mol. The lowest BCUT2D eigenvalue weighted by Crippen LogP contribution is -2.61. The topological polar surface area (TPSA) is 95.7 Å². The largest absolute Gasteiger partial charge is 0.517 e. The number of amides is 2. The minimum Gasteiger partial charge on any atom is -0.465 e. The number of rotatable bonds is 11. The van der Waals surface area contributed by atoms with Gasteiger partial charge in [-0.1, -0.05) is 91.0 Å². The van der Waals surface area contributed by atoms with Gasteiger partial charge in [-0.3, -0.25) is 4.79 Å². The molecule has 0 saturated heterocycles. The van der Waals surface area contributed by atoms with Crippen molar-refractivity contribution in [1.82, 2.24) is 0 Å². The van der Waals surface area contributed by atoms with Crippen molar-refractivity contribution >= 4 is 18.0 Å². The van der Waals surface area contributed by atoms with Gasteiger partial charge in [-0.25, -0.2) is 9.28 Å². The van der Waals surface area contributed by atoms with Gasteiger partial charge in [-0.15, -0.1) is 0 Å². The van der Waals surface area contributed by atoms with Crippen LogP contribution in [0.3, 0.4) is 0 Å². The molecule has 0 aliphatic heterocycles. The first kappa shape index (κ1) is 25.6. The van der Waals surface area contributed by atoms with Crippen LogP contribution < -0.4 is 5.73 Å². The number of hydrogen-bond acceptors (Lipinski definition) is 5. The van der Waals surface area contributed by atoms with Gasteiger partial charge in [-0.05, 0) is 5.56 Å². The number of methoxy groups -OCH3 is 1. The Morgan fingerprint density at radius 1 is 0.771 bits per heavy atom. The minimum atomic E-state index is -1.00. The van der Waals surface area contributed by atoms with Crippen molar-refractivity contribution in [3.8, 4) is 0 Å². The third-order valence-corrected chi connectivity index (χ3v) is 5.92. The second-order valence-corrected chi connectivity index (χ2v) is 8.41. The highest BCUT2D eigenvalue weighted by Gasteiger charge is 2.50. The number of carbonyl (C=O) groups is 3. The van der Waals surface area contributed by atoms with Crippen LogP contribution in [-0.2, 0) is 38.8 Å². The Kier molecular flexibility index (Phi) is 9.15. The van der Waals surface area contributed by atoms with E-state index in [4.69, 9.17) is 15.2 Å². The third-order valence-electron chi connectivity index (χ3n) is 5.92. The Morgan fingerprint density at radius 3 is 1.66 bits per heavy atom. The fourth-order valence-electron chi connectivity index (χ4n) is 4.18. The van der Waals surface area contributed by atoms with Crippen LogP contribution in [0.25, 0.3) is 0 Å². The fraction of sp³-hybridized carbons (Fsp3) is 0.250. The summed E-state index contributed by atoms with van der Waals surface area (Å²) in [5.74, 6) is -1.16. The molecule has 7 heteroatoms. The fourth-order valence-corrected chi connectivity index (χ4v) is 4.18. The molecule has 3 rings (SSSR count). The first-order valence-corrected chi connectivity index (χ1v) is 11.5. The Bertz CT molecular complexity index is 1060. The molecule has 0 saturated carbocycles. The summed E-state index contributed by atoms with van der Waals surface area (Å²) in [6.45, 7) is 0.386. The van der Waals surface area contributed by atoms with Crippen LogP contribution in [0.5, 0.6) is 0 Å². The van der Waals surface area contributed by atoms with Crippen LogP contribution in [0.2, 0.25) is 0 Å². The van der Waals surface area contributed by atoms with Gasteiger partial charge < -0.3 is 15.2 Å². The van der Waals surface area contributed by atoms with Crippen LogP contribution in [-0.4, -0.2) is 35.6 Å². The molecule has 35 heavy (non-hydrogen) atoms. The first-order chi connectivity index (χ1) is 16.9. The van der Waals surface area contributed by atoms with Gasteiger partial charge >= 0.3 is 12.1 Å². The lowest BCUT2D eigenvalue weighted by atomic mass is 10.0. The number of ether oxygens (including phenoxy) is 2. The van der Waals surface area contributed by atoms with E-state index in [1.54, 1.807) is 0 Å². The molecule has 182 valence electrons. The van der Waals surface area contributed by atoms with Gasteiger partial charge in [0.25, 0.3) is 0 Å². The maximum Gasteiger partial charge on any atom is 0.517 e. The van der Waals surface area contributed by atoms with Crippen molar-refractivity contribution in [3.63, 3.8) is 0 Å². The molecule has 7 nitrogen and oxygen atoms in total. The molecular formula is C28H31N2O5+. The van der Waals surface area contributed by atoms with Gasteiger partial charge in [0.1, 0.15) is 19.7 Å². The van der Waals surface area contributed by atoms with E-state index in [9.17, 15) is 14.4 Å². The van der Waals surface area contributed by atoms with Crippen molar-refractivity contribution < 1.29 is 28.3 Å². The molecule has 0 aliphatic carbocycles. The predicted octanol–water partition coefficient (Wildman–Crippen LogP) is 4.35. The molecular weight excluding hydrogens is 444 g/mol. The van der Waals surface area contributed by atoms with Crippen LogP contribution in [0.15, 0.2) is 91.0 Å². The maximum atomic E-state index is 14.0. The molecule has 3 aromatic carbocycles. The predicted molar refractivity (Wildman–Crippen MR) is 131 cm³/mol. The quantitative estimate of drug-likeness (QED) is 0.329. The zero-order valence-electron chi connectivity index (χ0n) is 19.8. The normalized spacial score (nSPS) is 11.9. The van der Waals surface area contributed by atoms with E-state index in [2.05, 4.69) is 0 Å². The molecule has 0 radical (unpaired) electrons. The number of esters is 1. The Labute approximate surface area is 205 Å². The zero-order chi connectivity index (χ0) is 25.1. The molecule has 1 atom stereocenters. The highest BCUT2D eigenvalue weighted by atomic mass is 16.6. The molecule has 3 aromatic rings. The van der Waals surface area contributed by atoms with Crippen molar-refractivity contribution in [1.29, 1.82) is 0 Å². The summed E-state index contributed by atoms with van der Waals surface area (Å²) in [6, 6.07) is 27.2. The molecule has 0 bridgehead atoms. The van der Waals surface area contributed by atoms with Gasteiger partial charge in [0.15, 0.2) is 6.04 Å². The summed E-state index contributed by atoms with van der Waals surface area (Å²) >= 11 is 0. The average Bonchev–Trinajstić information content (AvgIpc) is 2.88. The molecule has 0 aliphatic rings. The number of quaternary nitrogens is 1. The summed E-state index contributed by atoms with van der Waals surface area (Å²) in [6.07, 6.45) is -0.612. The molecule has 0 spiro atoms. The van der Waals surface area contributed by atoms with Crippen LogP contribution >= 0.6 is 0 Å². The van der Waals surface area contributed by atoms with Crippen molar-refractivity contribution in [2.24, 2.45) is 5.73 Å². The summed E-state index contributed by atoms with van der Waals surface area (Å²) < 4.78 is 10.6. The highest BCUT2D eigenvalue weighted by Crippen LogP contribution is 2.30. The number of hydrogen-bond donors (Lipinski definition) is 1. The molecule has 2 N–H and O–H groups in total. The molecule has 0 fully saturated rings. The van der Waals surface area contributed by atoms with E-state index in [-0.39, 0.29) is 32.5 Å². The molecule has 0 aromatic heterocycles. The van der Waals surface area contributed by atoms with Gasteiger partial charge in [0, 0.05) is 24.0 Å². The van der Waals surface area contributed by atoms with Crippen LogP contribution in [0, 0.1) is 0 Å². The van der Waals surface area contributed by atoms with E-state index < -0.39 is 28.5 Å². The highest BCUT2D eigenvalue weighted by molar-refractivity contribution is 5.79. The summed E-state index contributed by atoms with van der Waals surface area (Å²) in [5.41, 5.74) is 7.93. The smallest absolute Gasteiger partial charge is 0.465 e. The minimum absolute atomic E-state index is 0.0438. The second-order valence-electron chi connectivity index (χ2n) is 8.41. The van der Waals surface area contributed by atoms with E-state index in [0.717, 1.165) is 16.7 Å². The van der Waals surface area contributed by atoms with Crippen molar-refractivity contribution in [3.05, 3.63) is 108 Å². The lowest BCUT2D eigenvalue weighted by molar-refractivity contribution is -0.901. The third kappa shape index (κ3) is 7.01. The molecule has 0 heterocycles. The Morgan fingerprint density at radius 2 is 1.23 bits per heavy atom. The number of primary amides is 1. The van der Waals surface area contributed by atoms with Crippen molar-refractivity contribution in [2.45, 2.75) is 38.6 Å². The van der Waals surface area contributed by atoms with Crippen molar-refractivity contribution in [2.75, 3.05) is 7.11 Å². The van der Waals surface area contributed by atoms with E-state index >= 15 is 0 Å². The van der Waals surface area contributed by atoms with Crippen LogP contribution in [0.4, 0.5) is 4.79 Å². The number of nitrogens with two attached hydrogens (primary N) is 1. The van der Waals surface area contributed by atoms with Gasteiger partial charge in [0.05, 0.1) is 7.11 Å². The zero-order valence-corrected chi connectivity index (χ0v) is 19.8. The summed E-state index contributed by atoms with van der Waals surface area (Å²) in [5, 5.41) is 0. The Balaban J connectivity index is 2.09. The van der Waals surface area contributed by atoms with Gasteiger partial charge in [0.2, 0.25) is 5.91 Å². The summed E-state index contributed by atoms with van der Waals surface area (Å²) in [4.78, 5) is 38.8.